The van der Waals surface area contributed by atoms with Gasteiger partial charge >= 0.3 is 0 Å². The molecule has 0 heterocycles. The molecular weight excluding hydrogens is 304 g/mol. The molecule has 19 heavy (non-hydrogen) atoms. The smallest absolute Gasteiger partial charge is 0.188 e. The molecule has 0 atom stereocenters. The van der Waals surface area contributed by atoms with Crippen LogP contribution in [0.2, 0.25) is 0 Å². The molecule has 0 saturated carbocycles. The van der Waals surface area contributed by atoms with Gasteiger partial charge in [-0.05, 0) is 36.2 Å². The van der Waals surface area contributed by atoms with Crippen molar-refractivity contribution in [2.45, 2.75) is 13.5 Å². The van der Waals surface area contributed by atoms with E-state index < -0.39 is 0 Å². The number of ketones is 1. The molecule has 98 valence electrons. The molecule has 3 heteroatoms. The quantitative estimate of drug-likeness (QED) is 0.774. The van der Waals surface area contributed by atoms with Crippen LogP contribution >= 0.6 is 15.9 Å². The number of halogens is 1. The van der Waals surface area contributed by atoms with Gasteiger partial charge in [0.25, 0.3) is 0 Å². The number of hydrogen-bond donors (Lipinski definition) is 0. The van der Waals surface area contributed by atoms with E-state index in [1.165, 1.54) is 0 Å². The summed E-state index contributed by atoms with van der Waals surface area (Å²) >= 11 is 3.39. The van der Waals surface area contributed by atoms with Gasteiger partial charge in [0.2, 0.25) is 0 Å². The lowest BCUT2D eigenvalue weighted by molar-refractivity contribution is 0.0726. The van der Waals surface area contributed by atoms with Gasteiger partial charge in [-0.2, -0.15) is 0 Å². The fourth-order valence-electron chi connectivity index (χ4n) is 1.85. The van der Waals surface area contributed by atoms with Crippen LogP contribution in [0.1, 0.15) is 21.5 Å². The molecular formula is C16H15BrO2. The summed E-state index contributed by atoms with van der Waals surface area (Å²) in [7, 11) is 0. The molecule has 2 aromatic carbocycles. The van der Waals surface area contributed by atoms with Gasteiger partial charge in [0.1, 0.15) is 6.61 Å². The third kappa shape index (κ3) is 4.01. The first kappa shape index (κ1) is 14.0. The Morgan fingerprint density at radius 2 is 1.89 bits per heavy atom. The van der Waals surface area contributed by atoms with Gasteiger partial charge in [-0.15, -0.1) is 0 Å². The molecule has 0 radical (unpaired) electrons. The summed E-state index contributed by atoms with van der Waals surface area (Å²) in [6.07, 6.45) is 0. The Balaban J connectivity index is 1.91. The van der Waals surface area contributed by atoms with Crippen LogP contribution < -0.4 is 0 Å². The standard InChI is InChI=1S/C16H15BrO2/c1-12-9-14(17)7-8-15(12)16(18)11-19-10-13-5-3-2-4-6-13/h2-9H,10-11H2,1H3. The largest absolute Gasteiger partial charge is 0.369 e. The summed E-state index contributed by atoms with van der Waals surface area (Å²) in [5.41, 5.74) is 2.75. The van der Waals surface area contributed by atoms with E-state index in [2.05, 4.69) is 15.9 Å². The van der Waals surface area contributed by atoms with E-state index >= 15 is 0 Å². The van der Waals surface area contributed by atoms with E-state index in [1.54, 1.807) is 0 Å². The van der Waals surface area contributed by atoms with Gasteiger partial charge in [-0.25, -0.2) is 0 Å². The average molecular weight is 319 g/mol. The molecule has 2 nitrogen and oxygen atoms in total. The summed E-state index contributed by atoms with van der Waals surface area (Å²) in [5.74, 6) is 0.0148. The van der Waals surface area contributed by atoms with Gasteiger partial charge in [0.15, 0.2) is 5.78 Å². The molecule has 0 aliphatic rings. The molecule has 0 amide bonds. The third-order valence-corrected chi connectivity index (χ3v) is 3.33. The monoisotopic (exact) mass is 318 g/mol. The predicted molar refractivity (Wildman–Crippen MR) is 79.3 cm³/mol. The second-order valence-electron chi connectivity index (χ2n) is 4.36. The van der Waals surface area contributed by atoms with Gasteiger partial charge in [0.05, 0.1) is 6.61 Å². The molecule has 2 aromatic rings. The normalized spacial score (nSPS) is 10.4. The Hall–Kier alpha value is -1.45. The van der Waals surface area contributed by atoms with E-state index in [-0.39, 0.29) is 12.4 Å². The first-order chi connectivity index (χ1) is 9.16. The molecule has 0 aliphatic heterocycles. The topological polar surface area (TPSA) is 26.3 Å². The van der Waals surface area contributed by atoms with Crippen LogP contribution in [0, 0.1) is 6.92 Å². The van der Waals surface area contributed by atoms with Gasteiger partial charge < -0.3 is 4.74 Å². The lowest BCUT2D eigenvalue weighted by Crippen LogP contribution is -2.10. The summed E-state index contributed by atoms with van der Waals surface area (Å²) < 4.78 is 6.44. The number of Topliss-reactive ketones (excluding diaryl/α,β-unsaturated/α-hetero) is 1. The van der Waals surface area contributed by atoms with Crippen LogP contribution in [0.25, 0.3) is 0 Å². The minimum absolute atomic E-state index is 0.0148. The second-order valence-corrected chi connectivity index (χ2v) is 5.28. The van der Waals surface area contributed by atoms with Gasteiger partial charge in [-0.1, -0.05) is 46.3 Å². The Morgan fingerprint density at radius 1 is 1.16 bits per heavy atom. The zero-order valence-corrected chi connectivity index (χ0v) is 12.3. The maximum absolute atomic E-state index is 12.0. The zero-order chi connectivity index (χ0) is 13.7. The Bertz CT molecular complexity index is 564. The van der Waals surface area contributed by atoms with Crippen LogP contribution in [-0.4, -0.2) is 12.4 Å². The Labute approximate surface area is 121 Å². The molecule has 0 bridgehead atoms. The van der Waals surface area contributed by atoms with Crippen molar-refractivity contribution in [3.8, 4) is 0 Å². The molecule has 0 spiro atoms. The van der Waals surface area contributed by atoms with Crippen molar-refractivity contribution in [2.75, 3.05) is 6.61 Å². The van der Waals surface area contributed by atoms with Crippen LogP contribution in [0.5, 0.6) is 0 Å². The lowest BCUT2D eigenvalue weighted by atomic mass is 10.1. The molecule has 0 aromatic heterocycles. The van der Waals surface area contributed by atoms with Crippen LogP contribution in [0.4, 0.5) is 0 Å². The molecule has 0 N–H and O–H groups in total. The van der Waals surface area contributed by atoms with Gasteiger partial charge in [0, 0.05) is 10.0 Å². The summed E-state index contributed by atoms with van der Waals surface area (Å²) in [6.45, 7) is 2.49. The number of carbonyl (C=O) groups is 1. The Kier molecular flexibility index (Phi) is 4.88. The maximum Gasteiger partial charge on any atom is 0.188 e. The highest BCUT2D eigenvalue weighted by Gasteiger charge is 2.09. The van der Waals surface area contributed by atoms with Crippen molar-refractivity contribution >= 4 is 21.7 Å². The molecule has 0 aliphatic carbocycles. The number of hydrogen-bond acceptors (Lipinski definition) is 2. The van der Waals surface area contributed by atoms with E-state index in [9.17, 15) is 4.79 Å². The fraction of sp³-hybridized carbons (Fsp3) is 0.188. The van der Waals surface area contributed by atoms with E-state index in [0.717, 1.165) is 21.2 Å². The van der Waals surface area contributed by atoms with Crippen molar-refractivity contribution in [2.24, 2.45) is 0 Å². The van der Waals surface area contributed by atoms with Crippen molar-refractivity contribution in [1.29, 1.82) is 0 Å². The van der Waals surface area contributed by atoms with Crippen molar-refractivity contribution in [1.82, 2.24) is 0 Å². The lowest BCUT2D eigenvalue weighted by Gasteiger charge is -2.07. The predicted octanol–water partition coefficient (Wildman–Crippen LogP) is 4.16. The Morgan fingerprint density at radius 3 is 2.58 bits per heavy atom. The zero-order valence-electron chi connectivity index (χ0n) is 10.7. The average Bonchev–Trinajstić information content (AvgIpc) is 2.39. The number of benzene rings is 2. The van der Waals surface area contributed by atoms with Crippen molar-refractivity contribution in [3.05, 3.63) is 69.7 Å². The highest BCUT2D eigenvalue weighted by atomic mass is 79.9. The van der Waals surface area contributed by atoms with Gasteiger partial charge in [-0.3, -0.25) is 4.79 Å². The van der Waals surface area contributed by atoms with E-state index in [1.807, 2.05) is 55.5 Å². The molecule has 0 unspecified atom stereocenters. The van der Waals surface area contributed by atoms with E-state index in [0.29, 0.717) is 6.61 Å². The fourth-order valence-corrected chi connectivity index (χ4v) is 2.33. The molecule has 0 saturated heterocycles. The summed E-state index contributed by atoms with van der Waals surface area (Å²) in [4.78, 5) is 12.0. The van der Waals surface area contributed by atoms with E-state index in [4.69, 9.17) is 4.74 Å². The first-order valence-corrected chi connectivity index (χ1v) is 6.87. The maximum atomic E-state index is 12.0. The minimum Gasteiger partial charge on any atom is -0.369 e. The number of ether oxygens (including phenoxy) is 1. The number of carbonyl (C=O) groups excluding carboxylic acids is 1. The second kappa shape index (κ2) is 6.64. The molecule has 0 fully saturated rings. The first-order valence-electron chi connectivity index (χ1n) is 6.08. The van der Waals surface area contributed by atoms with Crippen LogP contribution in [-0.2, 0) is 11.3 Å². The van der Waals surface area contributed by atoms with Crippen LogP contribution in [0.15, 0.2) is 53.0 Å². The SMILES string of the molecule is Cc1cc(Br)ccc1C(=O)COCc1ccccc1. The highest BCUT2D eigenvalue weighted by Crippen LogP contribution is 2.16. The molecule has 2 rings (SSSR count). The van der Waals surface area contributed by atoms with Crippen molar-refractivity contribution < 1.29 is 9.53 Å². The summed E-state index contributed by atoms with van der Waals surface area (Å²) in [5, 5.41) is 0. The third-order valence-electron chi connectivity index (χ3n) is 2.83. The summed E-state index contributed by atoms with van der Waals surface area (Å²) in [6, 6.07) is 15.5. The van der Waals surface area contributed by atoms with Crippen LogP contribution in [0.3, 0.4) is 0 Å². The number of rotatable bonds is 5. The van der Waals surface area contributed by atoms with Crippen molar-refractivity contribution in [3.63, 3.8) is 0 Å². The highest BCUT2D eigenvalue weighted by molar-refractivity contribution is 9.10. The number of aryl methyl sites for hydroxylation is 1. The minimum atomic E-state index is 0.0148.